The second-order valence-corrected chi connectivity index (χ2v) is 5.51. The van der Waals surface area contributed by atoms with E-state index in [1.165, 1.54) is 5.56 Å². The quantitative estimate of drug-likeness (QED) is 0.833. The zero-order chi connectivity index (χ0) is 14.2. The number of para-hydroxylation sites is 1. The smallest absolute Gasteiger partial charge is 0.123 e. The molecule has 20 heavy (non-hydrogen) atoms. The minimum Gasteiger partial charge on any atom is -0.494 e. The van der Waals surface area contributed by atoms with Gasteiger partial charge in [-0.05, 0) is 18.6 Å². The highest BCUT2D eigenvalue weighted by Gasteiger charge is 2.08. The van der Waals surface area contributed by atoms with Crippen LogP contribution in [-0.4, -0.2) is 17.5 Å². The van der Waals surface area contributed by atoms with Crippen LogP contribution in [0.3, 0.4) is 0 Å². The number of hydrogen-bond acceptors (Lipinski definition) is 3. The van der Waals surface area contributed by atoms with Gasteiger partial charge >= 0.3 is 0 Å². The number of thioether (sulfide) groups is 1. The largest absolute Gasteiger partial charge is 0.494 e. The Morgan fingerprint density at radius 3 is 2.50 bits per heavy atom. The molecule has 0 aliphatic carbocycles. The lowest BCUT2D eigenvalue weighted by Gasteiger charge is -2.12. The molecule has 0 aliphatic rings. The maximum Gasteiger partial charge on any atom is 0.123 e. The van der Waals surface area contributed by atoms with Crippen molar-refractivity contribution in [2.45, 2.75) is 18.8 Å². The Morgan fingerprint density at radius 1 is 1.05 bits per heavy atom. The summed E-state index contributed by atoms with van der Waals surface area (Å²) in [5, 5.41) is 10.1. The Bertz CT molecular complexity index is 513. The first-order valence-electron chi connectivity index (χ1n) is 6.82. The number of rotatable bonds is 7. The predicted octanol–water partition coefficient (Wildman–Crippen LogP) is 4.05. The van der Waals surface area contributed by atoms with Crippen molar-refractivity contribution in [1.29, 1.82) is 0 Å². The van der Waals surface area contributed by atoms with Crippen LogP contribution in [-0.2, 0) is 5.75 Å². The molecule has 0 heterocycles. The fraction of sp³-hybridized carbons (Fsp3) is 0.294. The lowest BCUT2D eigenvalue weighted by Crippen LogP contribution is -2.01. The zero-order valence-corrected chi connectivity index (χ0v) is 12.5. The maximum absolute atomic E-state index is 10.1. The van der Waals surface area contributed by atoms with Crippen LogP contribution in [0, 0.1) is 0 Å². The molecule has 0 saturated carbocycles. The Hall–Kier alpha value is -1.45. The first-order chi connectivity index (χ1) is 9.81. The van der Waals surface area contributed by atoms with E-state index in [4.69, 9.17) is 4.74 Å². The molecule has 0 bridgehead atoms. The Labute approximate surface area is 124 Å². The van der Waals surface area contributed by atoms with E-state index in [2.05, 4.69) is 6.07 Å². The Balaban J connectivity index is 1.87. The molecule has 2 nitrogen and oxygen atoms in total. The molecule has 0 radical (unpaired) electrons. The minimum atomic E-state index is -0.416. The van der Waals surface area contributed by atoms with E-state index in [9.17, 15) is 5.11 Å². The number of benzene rings is 2. The summed E-state index contributed by atoms with van der Waals surface area (Å²) in [4.78, 5) is 0. The molecule has 1 N–H and O–H groups in total. The molecule has 0 fully saturated rings. The first kappa shape index (κ1) is 14.9. The van der Waals surface area contributed by atoms with Crippen LogP contribution in [0.5, 0.6) is 5.75 Å². The van der Waals surface area contributed by atoms with Gasteiger partial charge in [-0.3, -0.25) is 0 Å². The number of aliphatic hydroxyl groups excluding tert-OH is 1. The van der Waals surface area contributed by atoms with Crippen molar-refractivity contribution in [3.63, 3.8) is 0 Å². The SMILES string of the molecule is CCOc1ccccc1CSCC(O)c1ccccc1. The van der Waals surface area contributed by atoms with Crippen molar-refractivity contribution in [2.75, 3.05) is 12.4 Å². The molecule has 2 rings (SSSR count). The molecule has 0 spiro atoms. The Kier molecular flexibility index (Phi) is 5.96. The van der Waals surface area contributed by atoms with Gasteiger partial charge in [-0.15, -0.1) is 0 Å². The van der Waals surface area contributed by atoms with Gasteiger partial charge in [0, 0.05) is 17.1 Å². The van der Waals surface area contributed by atoms with Gasteiger partial charge in [0.15, 0.2) is 0 Å². The van der Waals surface area contributed by atoms with E-state index in [0.29, 0.717) is 12.4 Å². The molecule has 3 heteroatoms. The highest BCUT2D eigenvalue weighted by atomic mass is 32.2. The summed E-state index contributed by atoms with van der Waals surface area (Å²) in [7, 11) is 0. The molecule has 0 amide bonds. The maximum atomic E-state index is 10.1. The van der Waals surface area contributed by atoms with Crippen LogP contribution in [0.15, 0.2) is 54.6 Å². The molecular weight excluding hydrogens is 268 g/mol. The number of hydrogen-bond donors (Lipinski definition) is 1. The average molecular weight is 288 g/mol. The first-order valence-corrected chi connectivity index (χ1v) is 7.98. The topological polar surface area (TPSA) is 29.5 Å². The summed E-state index contributed by atoms with van der Waals surface area (Å²) in [6.45, 7) is 2.66. The van der Waals surface area contributed by atoms with E-state index in [-0.39, 0.29) is 0 Å². The van der Waals surface area contributed by atoms with Gasteiger partial charge < -0.3 is 9.84 Å². The van der Waals surface area contributed by atoms with Gasteiger partial charge in [-0.1, -0.05) is 48.5 Å². The van der Waals surface area contributed by atoms with Crippen molar-refractivity contribution in [2.24, 2.45) is 0 Å². The molecule has 1 unspecified atom stereocenters. The summed E-state index contributed by atoms with van der Waals surface area (Å²) in [5.74, 6) is 2.47. The van der Waals surface area contributed by atoms with Crippen LogP contribution in [0.25, 0.3) is 0 Å². The molecule has 0 aromatic heterocycles. The van der Waals surface area contributed by atoms with Gasteiger partial charge in [0.25, 0.3) is 0 Å². The van der Waals surface area contributed by atoms with Gasteiger partial charge in [-0.2, -0.15) is 11.8 Å². The molecule has 2 aromatic rings. The fourth-order valence-electron chi connectivity index (χ4n) is 1.97. The van der Waals surface area contributed by atoms with Crippen molar-refractivity contribution >= 4 is 11.8 Å². The summed E-state index contributed by atoms with van der Waals surface area (Å²) in [6.07, 6.45) is -0.416. The molecule has 1 atom stereocenters. The molecule has 0 saturated heterocycles. The monoisotopic (exact) mass is 288 g/mol. The van der Waals surface area contributed by atoms with Crippen LogP contribution in [0.4, 0.5) is 0 Å². The normalized spacial score (nSPS) is 12.1. The summed E-state index contributed by atoms with van der Waals surface area (Å²) >= 11 is 1.72. The molecule has 106 valence electrons. The van der Waals surface area contributed by atoms with Gasteiger partial charge in [0.1, 0.15) is 5.75 Å². The van der Waals surface area contributed by atoms with Gasteiger partial charge in [0.05, 0.1) is 12.7 Å². The summed E-state index contributed by atoms with van der Waals surface area (Å²) in [6, 6.07) is 17.9. The van der Waals surface area contributed by atoms with E-state index in [0.717, 1.165) is 17.1 Å². The second kappa shape index (κ2) is 7.98. The van der Waals surface area contributed by atoms with Crippen LogP contribution in [0.1, 0.15) is 24.2 Å². The van der Waals surface area contributed by atoms with Crippen molar-refractivity contribution in [3.05, 3.63) is 65.7 Å². The third-order valence-corrected chi connectivity index (χ3v) is 4.06. The summed E-state index contributed by atoms with van der Waals surface area (Å²) < 4.78 is 5.60. The molecule has 0 aliphatic heterocycles. The van der Waals surface area contributed by atoms with E-state index in [1.807, 2.05) is 55.5 Å². The average Bonchev–Trinajstić information content (AvgIpc) is 2.50. The van der Waals surface area contributed by atoms with Gasteiger partial charge in [0.2, 0.25) is 0 Å². The third kappa shape index (κ3) is 4.29. The lowest BCUT2D eigenvalue weighted by atomic mass is 10.1. The molecule has 2 aromatic carbocycles. The lowest BCUT2D eigenvalue weighted by molar-refractivity contribution is 0.204. The van der Waals surface area contributed by atoms with Crippen molar-refractivity contribution in [1.82, 2.24) is 0 Å². The van der Waals surface area contributed by atoms with Crippen LogP contribution < -0.4 is 4.74 Å². The third-order valence-electron chi connectivity index (χ3n) is 2.99. The Morgan fingerprint density at radius 2 is 1.75 bits per heavy atom. The number of aliphatic hydroxyl groups is 1. The van der Waals surface area contributed by atoms with Crippen molar-refractivity contribution < 1.29 is 9.84 Å². The van der Waals surface area contributed by atoms with E-state index < -0.39 is 6.10 Å². The van der Waals surface area contributed by atoms with Crippen LogP contribution in [0.2, 0.25) is 0 Å². The second-order valence-electron chi connectivity index (χ2n) is 4.48. The zero-order valence-electron chi connectivity index (χ0n) is 11.7. The number of ether oxygens (including phenoxy) is 1. The van der Waals surface area contributed by atoms with Crippen LogP contribution >= 0.6 is 11.8 Å². The van der Waals surface area contributed by atoms with E-state index in [1.54, 1.807) is 11.8 Å². The standard InChI is InChI=1S/C17H20O2S/c1-2-19-17-11-7-6-10-15(17)12-20-13-16(18)14-8-4-3-5-9-14/h3-11,16,18H,2,12-13H2,1H3. The fourth-order valence-corrected chi connectivity index (χ4v) is 2.96. The highest BCUT2D eigenvalue weighted by Crippen LogP contribution is 2.26. The summed E-state index contributed by atoms with van der Waals surface area (Å²) in [5.41, 5.74) is 2.15. The highest BCUT2D eigenvalue weighted by molar-refractivity contribution is 7.98. The molecular formula is C17H20O2S. The van der Waals surface area contributed by atoms with Gasteiger partial charge in [-0.25, -0.2) is 0 Å². The predicted molar refractivity (Wildman–Crippen MR) is 85.2 cm³/mol. The van der Waals surface area contributed by atoms with E-state index >= 15 is 0 Å². The minimum absolute atomic E-state index is 0.416. The van der Waals surface area contributed by atoms with Crippen molar-refractivity contribution in [3.8, 4) is 5.75 Å².